The van der Waals surface area contributed by atoms with Gasteiger partial charge in [-0.05, 0) is 33.7 Å². The molecule has 0 aliphatic carbocycles. The van der Waals surface area contributed by atoms with Gasteiger partial charge < -0.3 is 9.47 Å². The van der Waals surface area contributed by atoms with Crippen molar-refractivity contribution in [3.05, 3.63) is 96.1 Å². The predicted molar refractivity (Wildman–Crippen MR) is 115 cm³/mol. The average molecular weight is 402 g/mol. The van der Waals surface area contributed by atoms with Crippen LogP contribution in [-0.4, -0.2) is 77.8 Å². The van der Waals surface area contributed by atoms with Gasteiger partial charge in [0.25, 0.3) is 0 Å². The van der Waals surface area contributed by atoms with Gasteiger partial charge >= 0.3 is 11.9 Å². The van der Waals surface area contributed by atoms with Gasteiger partial charge in [0.05, 0.1) is 11.1 Å². The van der Waals surface area contributed by atoms with E-state index in [4.69, 9.17) is 9.47 Å². The first-order valence-electron chi connectivity index (χ1n) is 8.54. The summed E-state index contributed by atoms with van der Waals surface area (Å²) in [5, 5.41) is 3.48. The van der Waals surface area contributed by atoms with E-state index in [2.05, 4.69) is 0 Å². The van der Waals surface area contributed by atoms with Crippen LogP contribution in [-0.2, 0) is 9.47 Å². The summed E-state index contributed by atoms with van der Waals surface area (Å²) in [6.45, 7) is -0.440. The van der Waals surface area contributed by atoms with Crippen LogP contribution in [0.3, 0.4) is 0 Å². The van der Waals surface area contributed by atoms with E-state index in [0.717, 1.165) is 21.5 Å². The number of carbonyl (C=O) groups excluding carboxylic acids is 2. The van der Waals surface area contributed by atoms with Gasteiger partial charge in [0.15, 0.2) is 0 Å². The first kappa shape index (κ1) is 23.6. The number of benzene rings is 4. The Labute approximate surface area is 212 Å². The summed E-state index contributed by atoms with van der Waals surface area (Å²) in [6.07, 6.45) is 0. The summed E-state index contributed by atoms with van der Waals surface area (Å²) in [5.74, 6) is -1.06. The zero-order valence-corrected chi connectivity index (χ0v) is 20.4. The van der Waals surface area contributed by atoms with Gasteiger partial charge in [0.2, 0.25) is 6.79 Å². The van der Waals surface area contributed by atoms with Gasteiger partial charge in [-0.1, -0.05) is 72.8 Å². The molecule has 0 heterocycles. The molecular weight excluding hydrogens is 386 g/mol. The van der Waals surface area contributed by atoms with Crippen LogP contribution in [0.5, 0.6) is 0 Å². The monoisotopic (exact) mass is 402 g/mol. The molecule has 0 bridgehead atoms. The van der Waals surface area contributed by atoms with Crippen LogP contribution in [0.4, 0.5) is 0 Å². The number of ether oxygens (including phenoxy) is 2. The topological polar surface area (TPSA) is 52.6 Å². The van der Waals surface area contributed by atoms with E-state index in [0.29, 0.717) is 11.1 Å². The Hall–Kier alpha value is -1.66. The maximum absolute atomic E-state index is 12.4. The van der Waals surface area contributed by atoms with Gasteiger partial charge in [0, 0.05) is 59.1 Å². The second-order valence-electron chi connectivity index (χ2n) is 6.03. The summed E-state index contributed by atoms with van der Waals surface area (Å²) in [6, 6.07) is 25.9. The average Bonchev–Trinajstić information content (AvgIpc) is 2.72. The predicted octanol–water partition coefficient (Wildman–Crippen LogP) is 4.20. The van der Waals surface area contributed by atoms with E-state index in [1.54, 1.807) is 24.3 Å². The first-order chi connectivity index (χ1) is 13.2. The Balaban J connectivity index is 0.00000150. The molecule has 29 heavy (non-hydrogen) atoms. The Morgan fingerprint density at radius 3 is 1.38 bits per heavy atom. The van der Waals surface area contributed by atoms with E-state index in [1.807, 2.05) is 60.7 Å². The zero-order chi connectivity index (χ0) is 18.6. The van der Waals surface area contributed by atoms with Crippen molar-refractivity contribution in [1.29, 1.82) is 0 Å². The third-order valence-electron chi connectivity index (χ3n) is 4.40. The molecule has 4 nitrogen and oxygen atoms in total. The molecule has 0 fully saturated rings. The van der Waals surface area contributed by atoms with Crippen molar-refractivity contribution in [1.82, 2.24) is 0 Å². The molecule has 0 unspecified atom stereocenters. The third-order valence-corrected chi connectivity index (χ3v) is 4.40. The number of fused-ring (bicyclic) bond motifs is 2. The Kier molecular flexibility index (Phi) is 8.90. The minimum atomic E-state index is -0.530. The van der Waals surface area contributed by atoms with E-state index in [1.165, 1.54) is 0 Å². The quantitative estimate of drug-likeness (QED) is 0.292. The Morgan fingerprint density at radius 1 is 0.552 bits per heavy atom. The summed E-state index contributed by atoms with van der Waals surface area (Å²) in [7, 11) is 0. The minimum Gasteiger partial charge on any atom is -0.424 e. The molecule has 0 atom stereocenters. The normalized spacial score (nSPS) is 9.93. The van der Waals surface area contributed by atoms with E-state index in [9.17, 15) is 9.59 Å². The van der Waals surface area contributed by atoms with Crippen molar-refractivity contribution in [3.63, 3.8) is 0 Å². The van der Waals surface area contributed by atoms with Gasteiger partial charge in [-0.2, -0.15) is 0 Å². The van der Waals surface area contributed by atoms with Crippen molar-refractivity contribution in [2.24, 2.45) is 0 Å². The molecule has 0 saturated heterocycles. The number of rotatable bonds is 4. The van der Waals surface area contributed by atoms with Crippen molar-refractivity contribution < 1.29 is 19.1 Å². The van der Waals surface area contributed by atoms with E-state index >= 15 is 0 Å². The fraction of sp³-hybridized carbons (Fsp3) is 0.0435. The van der Waals surface area contributed by atoms with Crippen molar-refractivity contribution >= 4 is 92.6 Å². The third kappa shape index (κ3) is 5.28. The molecule has 0 aliphatic heterocycles. The SMILES string of the molecule is O=C(OCOC(=O)c1cccc2ccccc12)c1cccc2ccccc12.[Na].[Na]. The van der Waals surface area contributed by atoms with Crippen LogP contribution in [0.15, 0.2) is 84.9 Å². The molecule has 0 N–H and O–H groups in total. The molecule has 0 saturated carbocycles. The van der Waals surface area contributed by atoms with Crippen LogP contribution >= 0.6 is 0 Å². The van der Waals surface area contributed by atoms with Gasteiger partial charge in [0.1, 0.15) is 0 Å². The number of carbonyl (C=O) groups is 2. The second kappa shape index (κ2) is 10.9. The number of hydrogen-bond donors (Lipinski definition) is 0. The molecule has 4 rings (SSSR count). The molecular formula is C23H16Na2O4. The standard InChI is InChI=1S/C23H16O4.2Na/c24-22(20-13-5-9-16-7-1-3-11-18(16)20)26-15-27-23(25)21-14-6-10-17-8-2-4-12-19(17)21;;/h1-14H,15H2;;. The summed E-state index contributed by atoms with van der Waals surface area (Å²) in [4.78, 5) is 24.8. The number of esters is 2. The molecule has 0 spiro atoms. The molecule has 0 aromatic heterocycles. The van der Waals surface area contributed by atoms with Crippen LogP contribution < -0.4 is 0 Å². The van der Waals surface area contributed by atoms with Gasteiger partial charge in [-0.3, -0.25) is 0 Å². The van der Waals surface area contributed by atoms with Crippen molar-refractivity contribution in [2.75, 3.05) is 6.79 Å². The maximum Gasteiger partial charge on any atom is 0.341 e. The first-order valence-corrected chi connectivity index (χ1v) is 8.54. The molecule has 0 amide bonds. The summed E-state index contributed by atoms with van der Waals surface area (Å²) in [5.41, 5.74) is 0.878. The maximum atomic E-state index is 12.4. The largest absolute Gasteiger partial charge is 0.424 e. The molecule has 0 aliphatic rings. The fourth-order valence-corrected chi connectivity index (χ4v) is 3.10. The smallest absolute Gasteiger partial charge is 0.341 e. The van der Waals surface area contributed by atoms with E-state index < -0.39 is 18.7 Å². The second-order valence-corrected chi connectivity index (χ2v) is 6.03. The van der Waals surface area contributed by atoms with Crippen molar-refractivity contribution in [2.45, 2.75) is 0 Å². The van der Waals surface area contributed by atoms with Crippen molar-refractivity contribution in [3.8, 4) is 0 Å². The minimum absolute atomic E-state index is 0. The molecule has 6 heteroatoms. The van der Waals surface area contributed by atoms with Crippen LogP contribution in [0, 0.1) is 0 Å². The van der Waals surface area contributed by atoms with Gasteiger partial charge in [-0.15, -0.1) is 0 Å². The Bertz CT molecular complexity index is 1060. The molecule has 4 aromatic rings. The van der Waals surface area contributed by atoms with Crippen LogP contribution in [0.25, 0.3) is 21.5 Å². The Morgan fingerprint density at radius 2 is 0.931 bits per heavy atom. The number of hydrogen-bond acceptors (Lipinski definition) is 4. The van der Waals surface area contributed by atoms with E-state index in [-0.39, 0.29) is 59.1 Å². The summed E-state index contributed by atoms with van der Waals surface area (Å²) >= 11 is 0. The molecule has 134 valence electrons. The molecule has 4 aromatic carbocycles. The van der Waals surface area contributed by atoms with Crippen LogP contribution in [0.1, 0.15) is 20.7 Å². The zero-order valence-electron chi connectivity index (χ0n) is 16.4. The van der Waals surface area contributed by atoms with Gasteiger partial charge in [-0.25, -0.2) is 9.59 Å². The molecule has 2 radical (unpaired) electrons. The van der Waals surface area contributed by atoms with Crippen LogP contribution in [0.2, 0.25) is 0 Å². The fourth-order valence-electron chi connectivity index (χ4n) is 3.10. The summed E-state index contributed by atoms with van der Waals surface area (Å²) < 4.78 is 10.3.